The lowest BCUT2D eigenvalue weighted by molar-refractivity contribution is 0.539. The summed E-state index contributed by atoms with van der Waals surface area (Å²) >= 11 is 0. The van der Waals surface area contributed by atoms with Gasteiger partial charge in [0, 0.05) is 19.6 Å². The summed E-state index contributed by atoms with van der Waals surface area (Å²) < 4.78 is 28.8. The first-order valence-corrected chi connectivity index (χ1v) is 8.13. The molecule has 1 aromatic rings. The second-order valence-corrected chi connectivity index (χ2v) is 6.81. The zero-order valence-corrected chi connectivity index (χ0v) is 12.5. The Hall–Kier alpha value is -0.920. The van der Waals surface area contributed by atoms with Gasteiger partial charge in [0.05, 0.1) is 11.4 Å². The van der Waals surface area contributed by atoms with Crippen molar-refractivity contribution < 1.29 is 8.42 Å². The summed E-state index contributed by atoms with van der Waals surface area (Å²) in [4.78, 5) is 0.314. The second kappa shape index (κ2) is 5.60. The molecule has 1 aliphatic rings. The third-order valence-electron chi connectivity index (χ3n) is 3.66. The minimum atomic E-state index is -3.45. The molecule has 0 unspecified atom stereocenters. The fraction of sp³-hybridized carbons (Fsp3) is 0.750. The van der Waals surface area contributed by atoms with Gasteiger partial charge in [-0.1, -0.05) is 0 Å². The molecule has 0 bridgehead atoms. The Kier molecular flexibility index (Phi) is 4.27. The smallest absolute Gasteiger partial charge is 0.244 e. The summed E-state index contributed by atoms with van der Waals surface area (Å²) in [5.41, 5.74) is 1.22. The monoisotopic (exact) mass is 286 g/mol. The zero-order valence-electron chi connectivity index (χ0n) is 11.7. The standard InChI is InChI=1S/C12H22N4O2S/c1-9-12(10(2)16(3)15-9)19(17,18)14-8-6-11-5-4-7-13-11/h11,13-14H,4-8H2,1-3H3/t11-/m0/s1. The molecular formula is C12H22N4O2S. The second-order valence-electron chi connectivity index (χ2n) is 5.10. The molecule has 1 aliphatic heterocycles. The molecule has 1 atom stereocenters. The van der Waals surface area contributed by atoms with E-state index in [1.54, 1.807) is 25.6 Å². The maximum Gasteiger partial charge on any atom is 0.244 e. The van der Waals surface area contributed by atoms with Gasteiger partial charge in [-0.3, -0.25) is 4.68 Å². The highest BCUT2D eigenvalue weighted by molar-refractivity contribution is 7.89. The van der Waals surface area contributed by atoms with Crippen LogP contribution in [0.1, 0.15) is 30.7 Å². The van der Waals surface area contributed by atoms with Crippen LogP contribution in [0, 0.1) is 13.8 Å². The molecule has 0 saturated carbocycles. The van der Waals surface area contributed by atoms with E-state index >= 15 is 0 Å². The molecule has 0 aliphatic carbocycles. The highest BCUT2D eigenvalue weighted by Gasteiger charge is 2.24. The fourth-order valence-corrected chi connectivity index (χ4v) is 4.07. The fourth-order valence-electron chi connectivity index (χ4n) is 2.59. The Labute approximate surface area is 114 Å². The molecular weight excluding hydrogens is 264 g/mol. The maximum atomic E-state index is 12.3. The summed E-state index contributed by atoms with van der Waals surface area (Å²) in [5, 5.41) is 7.51. The van der Waals surface area contributed by atoms with Gasteiger partial charge in [0.1, 0.15) is 4.90 Å². The molecule has 19 heavy (non-hydrogen) atoms. The Morgan fingerprint density at radius 1 is 1.47 bits per heavy atom. The number of rotatable bonds is 5. The molecule has 0 aromatic carbocycles. The molecule has 2 heterocycles. The number of aromatic nitrogens is 2. The van der Waals surface area contributed by atoms with Gasteiger partial charge in [0.15, 0.2) is 0 Å². The third kappa shape index (κ3) is 3.16. The van der Waals surface area contributed by atoms with Crippen LogP contribution >= 0.6 is 0 Å². The number of aryl methyl sites for hydroxylation is 2. The van der Waals surface area contributed by atoms with Crippen molar-refractivity contribution in [3.63, 3.8) is 0 Å². The number of sulfonamides is 1. The highest BCUT2D eigenvalue weighted by atomic mass is 32.2. The Bertz CT molecular complexity index is 544. The van der Waals surface area contributed by atoms with Crippen molar-refractivity contribution >= 4 is 10.0 Å². The van der Waals surface area contributed by atoms with E-state index in [0.717, 1.165) is 19.4 Å². The Morgan fingerprint density at radius 2 is 2.21 bits per heavy atom. The molecule has 0 amide bonds. The van der Waals surface area contributed by atoms with Crippen molar-refractivity contribution in [2.75, 3.05) is 13.1 Å². The molecule has 6 nitrogen and oxygen atoms in total. The molecule has 1 saturated heterocycles. The Balaban J connectivity index is 2.01. The first-order valence-electron chi connectivity index (χ1n) is 6.65. The summed E-state index contributed by atoms with van der Waals surface area (Å²) in [6.07, 6.45) is 3.14. The van der Waals surface area contributed by atoms with Gasteiger partial charge in [-0.05, 0) is 39.7 Å². The van der Waals surface area contributed by atoms with Gasteiger partial charge in [-0.15, -0.1) is 0 Å². The minimum absolute atomic E-state index is 0.314. The lowest BCUT2D eigenvalue weighted by Gasteiger charge is -2.11. The van der Waals surface area contributed by atoms with Crippen molar-refractivity contribution in [3.05, 3.63) is 11.4 Å². The number of nitrogens with one attached hydrogen (secondary N) is 2. The van der Waals surface area contributed by atoms with E-state index in [9.17, 15) is 8.42 Å². The zero-order chi connectivity index (χ0) is 14.0. The molecule has 108 valence electrons. The lowest BCUT2D eigenvalue weighted by Crippen LogP contribution is -2.31. The predicted octanol–water partition coefficient (Wildman–Crippen LogP) is 0.457. The van der Waals surface area contributed by atoms with Crippen LogP contribution in [0.2, 0.25) is 0 Å². The number of nitrogens with zero attached hydrogens (tertiary/aromatic N) is 2. The van der Waals surface area contributed by atoms with Crippen LogP contribution in [0.25, 0.3) is 0 Å². The van der Waals surface area contributed by atoms with Crippen molar-refractivity contribution in [1.29, 1.82) is 0 Å². The van der Waals surface area contributed by atoms with E-state index in [4.69, 9.17) is 0 Å². The first-order chi connectivity index (χ1) is 8.92. The van der Waals surface area contributed by atoms with Crippen molar-refractivity contribution in [1.82, 2.24) is 19.8 Å². The third-order valence-corrected chi connectivity index (χ3v) is 5.37. The predicted molar refractivity (Wildman–Crippen MR) is 73.5 cm³/mol. The summed E-state index contributed by atoms with van der Waals surface area (Å²) in [7, 11) is -1.70. The average molecular weight is 286 g/mol. The quantitative estimate of drug-likeness (QED) is 0.824. The number of hydrogen-bond donors (Lipinski definition) is 2. The summed E-state index contributed by atoms with van der Waals surface area (Å²) in [6, 6.07) is 0.443. The largest absolute Gasteiger partial charge is 0.314 e. The minimum Gasteiger partial charge on any atom is -0.314 e. The molecule has 7 heteroatoms. The van der Waals surface area contributed by atoms with Crippen LogP contribution in [-0.2, 0) is 17.1 Å². The summed E-state index contributed by atoms with van der Waals surface area (Å²) in [6.45, 7) is 5.00. The summed E-state index contributed by atoms with van der Waals surface area (Å²) in [5.74, 6) is 0. The van der Waals surface area contributed by atoms with Gasteiger partial charge in [-0.25, -0.2) is 13.1 Å². The number of hydrogen-bond acceptors (Lipinski definition) is 4. The van der Waals surface area contributed by atoms with E-state index in [-0.39, 0.29) is 0 Å². The SMILES string of the molecule is Cc1nn(C)c(C)c1S(=O)(=O)NCC[C@@H]1CCCN1. The van der Waals surface area contributed by atoms with Crippen LogP contribution in [0.5, 0.6) is 0 Å². The molecule has 1 fully saturated rings. The van der Waals surface area contributed by atoms with Crippen LogP contribution in [-0.4, -0.2) is 37.3 Å². The normalized spacial score (nSPS) is 20.1. The maximum absolute atomic E-state index is 12.3. The van der Waals surface area contributed by atoms with Crippen molar-refractivity contribution in [2.45, 2.75) is 44.0 Å². The van der Waals surface area contributed by atoms with Crippen molar-refractivity contribution in [3.8, 4) is 0 Å². The molecule has 2 N–H and O–H groups in total. The van der Waals surface area contributed by atoms with Gasteiger partial charge in [0.25, 0.3) is 0 Å². The van der Waals surface area contributed by atoms with E-state index in [0.29, 0.717) is 28.9 Å². The Morgan fingerprint density at radius 3 is 2.74 bits per heavy atom. The van der Waals surface area contributed by atoms with Gasteiger partial charge < -0.3 is 5.32 Å². The van der Waals surface area contributed by atoms with E-state index in [1.807, 2.05) is 0 Å². The lowest BCUT2D eigenvalue weighted by atomic mass is 10.2. The van der Waals surface area contributed by atoms with Gasteiger partial charge in [0.2, 0.25) is 10.0 Å². The molecule has 0 radical (unpaired) electrons. The van der Waals surface area contributed by atoms with Crippen LogP contribution in [0.3, 0.4) is 0 Å². The molecule has 1 aromatic heterocycles. The van der Waals surface area contributed by atoms with E-state index in [1.165, 1.54) is 6.42 Å². The van der Waals surface area contributed by atoms with Crippen LogP contribution in [0.15, 0.2) is 4.90 Å². The topological polar surface area (TPSA) is 76.0 Å². The average Bonchev–Trinajstić information content (AvgIpc) is 2.88. The molecule has 0 spiro atoms. The highest BCUT2D eigenvalue weighted by Crippen LogP contribution is 2.18. The van der Waals surface area contributed by atoms with E-state index < -0.39 is 10.0 Å². The molecule has 2 rings (SSSR count). The van der Waals surface area contributed by atoms with Crippen LogP contribution in [0.4, 0.5) is 0 Å². The van der Waals surface area contributed by atoms with Crippen LogP contribution < -0.4 is 10.0 Å². The van der Waals surface area contributed by atoms with Crippen molar-refractivity contribution in [2.24, 2.45) is 7.05 Å². The first kappa shape index (κ1) is 14.5. The van der Waals surface area contributed by atoms with E-state index in [2.05, 4.69) is 15.1 Å². The van der Waals surface area contributed by atoms with Gasteiger partial charge in [-0.2, -0.15) is 5.10 Å². The van der Waals surface area contributed by atoms with Gasteiger partial charge >= 0.3 is 0 Å².